The number of anilines is 1. The van der Waals surface area contributed by atoms with E-state index in [4.69, 9.17) is 10.5 Å². The van der Waals surface area contributed by atoms with Crippen molar-refractivity contribution in [1.82, 2.24) is 4.72 Å². The van der Waals surface area contributed by atoms with Crippen LogP contribution in [0.15, 0.2) is 23.1 Å². The Bertz CT molecular complexity index is 539. The molecule has 3 N–H and O–H groups in total. The number of sulfonamides is 1. The molecule has 0 radical (unpaired) electrons. The van der Waals surface area contributed by atoms with Crippen LogP contribution in [-0.4, -0.2) is 27.2 Å². The van der Waals surface area contributed by atoms with Gasteiger partial charge in [0.1, 0.15) is 0 Å². The van der Waals surface area contributed by atoms with E-state index in [0.29, 0.717) is 17.9 Å². The van der Waals surface area contributed by atoms with Gasteiger partial charge in [-0.3, -0.25) is 0 Å². The molecule has 0 aliphatic rings. The molecule has 0 amide bonds. The number of nitrogen functional groups attached to an aromatic ring is 1. The van der Waals surface area contributed by atoms with Gasteiger partial charge in [0, 0.05) is 18.8 Å². The van der Waals surface area contributed by atoms with E-state index < -0.39 is 15.6 Å². The molecular weight excluding hydrogens is 264 g/mol. The molecule has 0 atom stereocenters. The summed E-state index contributed by atoms with van der Waals surface area (Å²) < 4.78 is 32.5. The van der Waals surface area contributed by atoms with E-state index in [1.165, 1.54) is 0 Å². The van der Waals surface area contributed by atoms with Crippen molar-refractivity contribution < 1.29 is 13.2 Å². The Kier molecular flexibility index (Phi) is 4.95. The third kappa shape index (κ3) is 4.19. The fourth-order valence-corrected chi connectivity index (χ4v) is 3.18. The SMILES string of the molecule is CCOC(C)(C)CNS(=O)(=O)c1cccc(N)c1C. The second-order valence-electron chi connectivity index (χ2n) is 4.99. The van der Waals surface area contributed by atoms with Gasteiger partial charge in [-0.1, -0.05) is 6.07 Å². The van der Waals surface area contributed by atoms with E-state index >= 15 is 0 Å². The van der Waals surface area contributed by atoms with Crippen molar-refractivity contribution in [3.8, 4) is 0 Å². The van der Waals surface area contributed by atoms with Crippen LogP contribution in [0.4, 0.5) is 5.69 Å². The van der Waals surface area contributed by atoms with Gasteiger partial charge in [-0.25, -0.2) is 13.1 Å². The smallest absolute Gasteiger partial charge is 0.241 e. The third-order valence-electron chi connectivity index (χ3n) is 2.84. The minimum atomic E-state index is -3.57. The van der Waals surface area contributed by atoms with Crippen molar-refractivity contribution in [1.29, 1.82) is 0 Å². The van der Waals surface area contributed by atoms with E-state index in [1.807, 2.05) is 20.8 Å². The number of hydrogen-bond donors (Lipinski definition) is 2. The number of hydrogen-bond acceptors (Lipinski definition) is 4. The monoisotopic (exact) mass is 286 g/mol. The molecule has 0 saturated heterocycles. The fraction of sp³-hybridized carbons (Fsp3) is 0.538. The normalized spacial score (nSPS) is 12.6. The number of rotatable bonds is 6. The zero-order valence-corrected chi connectivity index (χ0v) is 12.7. The predicted molar refractivity (Wildman–Crippen MR) is 76.5 cm³/mol. The van der Waals surface area contributed by atoms with Crippen LogP contribution in [0.5, 0.6) is 0 Å². The van der Waals surface area contributed by atoms with Gasteiger partial charge in [-0.15, -0.1) is 0 Å². The molecule has 5 nitrogen and oxygen atoms in total. The third-order valence-corrected chi connectivity index (χ3v) is 4.38. The highest BCUT2D eigenvalue weighted by atomic mass is 32.2. The van der Waals surface area contributed by atoms with Gasteiger partial charge in [0.25, 0.3) is 0 Å². The number of benzene rings is 1. The summed E-state index contributed by atoms with van der Waals surface area (Å²) >= 11 is 0. The topological polar surface area (TPSA) is 81.4 Å². The maximum absolute atomic E-state index is 12.2. The van der Waals surface area contributed by atoms with Gasteiger partial charge in [-0.05, 0) is 45.4 Å². The van der Waals surface area contributed by atoms with Crippen molar-refractivity contribution in [3.05, 3.63) is 23.8 Å². The molecule has 0 fully saturated rings. The molecule has 1 rings (SSSR count). The zero-order valence-electron chi connectivity index (χ0n) is 11.9. The summed E-state index contributed by atoms with van der Waals surface area (Å²) in [5, 5.41) is 0. The molecular formula is C13H22N2O3S. The summed E-state index contributed by atoms with van der Waals surface area (Å²) in [5.41, 5.74) is 6.21. The quantitative estimate of drug-likeness (QED) is 0.779. The first-order valence-corrected chi connectivity index (χ1v) is 7.66. The average Bonchev–Trinajstić information content (AvgIpc) is 2.30. The molecule has 1 aromatic carbocycles. The van der Waals surface area contributed by atoms with Crippen molar-refractivity contribution in [2.24, 2.45) is 0 Å². The van der Waals surface area contributed by atoms with E-state index in [0.717, 1.165) is 0 Å². The molecule has 0 bridgehead atoms. The van der Waals surface area contributed by atoms with Gasteiger partial charge >= 0.3 is 0 Å². The van der Waals surface area contributed by atoms with E-state index in [-0.39, 0.29) is 11.4 Å². The van der Waals surface area contributed by atoms with Crippen LogP contribution in [0.25, 0.3) is 0 Å². The summed E-state index contributed by atoms with van der Waals surface area (Å²) in [5.74, 6) is 0. The van der Waals surface area contributed by atoms with Gasteiger partial charge < -0.3 is 10.5 Å². The average molecular weight is 286 g/mol. The molecule has 0 aromatic heterocycles. The van der Waals surface area contributed by atoms with Gasteiger partial charge in [0.05, 0.1) is 10.5 Å². The van der Waals surface area contributed by atoms with Gasteiger partial charge in [0.15, 0.2) is 0 Å². The summed E-state index contributed by atoms with van der Waals surface area (Å²) in [6.07, 6.45) is 0. The van der Waals surface area contributed by atoms with Crippen LogP contribution in [0.2, 0.25) is 0 Å². The molecule has 0 aliphatic carbocycles. The Labute approximate surface area is 115 Å². The fourth-order valence-electron chi connectivity index (χ4n) is 1.71. The molecule has 0 saturated carbocycles. The molecule has 0 spiro atoms. The Balaban J connectivity index is 2.91. The molecule has 19 heavy (non-hydrogen) atoms. The standard InChI is InChI=1S/C13H22N2O3S/c1-5-18-13(3,4)9-15-19(16,17)12-8-6-7-11(14)10(12)2/h6-8,15H,5,9,14H2,1-4H3. The van der Waals surface area contributed by atoms with Crippen LogP contribution in [-0.2, 0) is 14.8 Å². The highest BCUT2D eigenvalue weighted by molar-refractivity contribution is 7.89. The van der Waals surface area contributed by atoms with Crippen molar-refractivity contribution in [2.75, 3.05) is 18.9 Å². The lowest BCUT2D eigenvalue weighted by atomic mass is 10.1. The Morgan fingerprint density at radius 3 is 2.58 bits per heavy atom. The van der Waals surface area contributed by atoms with E-state index in [9.17, 15) is 8.42 Å². The first-order valence-electron chi connectivity index (χ1n) is 6.18. The molecule has 6 heteroatoms. The first kappa shape index (κ1) is 15.9. The minimum absolute atomic E-state index is 0.206. The first-order chi connectivity index (χ1) is 8.69. The molecule has 0 aliphatic heterocycles. The Morgan fingerprint density at radius 2 is 2.00 bits per heavy atom. The van der Waals surface area contributed by atoms with Crippen LogP contribution in [0.1, 0.15) is 26.3 Å². The van der Waals surface area contributed by atoms with Crippen molar-refractivity contribution >= 4 is 15.7 Å². The van der Waals surface area contributed by atoms with E-state index in [1.54, 1.807) is 25.1 Å². The lowest BCUT2D eigenvalue weighted by Crippen LogP contribution is -2.40. The largest absolute Gasteiger partial charge is 0.398 e. The number of nitrogens with one attached hydrogen (secondary N) is 1. The Hall–Kier alpha value is -1.11. The second kappa shape index (κ2) is 5.90. The molecule has 1 aromatic rings. The molecule has 0 heterocycles. The van der Waals surface area contributed by atoms with Crippen molar-refractivity contribution in [2.45, 2.75) is 38.2 Å². The van der Waals surface area contributed by atoms with Crippen LogP contribution in [0, 0.1) is 6.92 Å². The van der Waals surface area contributed by atoms with Crippen molar-refractivity contribution in [3.63, 3.8) is 0 Å². The Morgan fingerprint density at radius 1 is 1.37 bits per heavy atom. The summed E-state index contributed by atoms with van der Waals surface area (Å²) in [6.45, 7) is 7.98. The maximum Gasteiger partial charge on any atom is 0.241 e. The number of ether oxygens (including phenoxy) is 1. The highest BCUT2D eigenvalue weighted by Gasteiger charge is 2.23. The van der Waals surface area contributed by atoms with Gasteiger partial charge in [-0.2, -0.15) is 0 Å². The highest BCUT2D eigenvalue weighted by Crippen LogP contribution is 2.20. The second-order valence-corrected chi connectivity index (χ2v) is 6.72. The summed E-state index contributed by atoms with van der Waals surface area (Å²) in [7, 11) is -3.57. The van der Waals surface area contributed by atoms with Crippen LogP contribution >= 0.6 is 0 Å². The lowest BCUT2D eigenvalue weighted by molar-refractivity contribution is -0.00515. The van der Waals surface area contributed by atoms with Crippen LogP contribution in [0.3, 0.4) is 0 Å². The summed E-state index contributed by atoms with van der Waals surface area (Å²) in [6, 6.07) is 4.85. The lowest BCUT2D eigenvalue weighted by Gasteiger charge is -2.25. The molecule has 108 valence electrons. The number of nitrogens with two attached hydrogens (primary N) is 1. The maximum atomic E-state index is 12.2. The van der Waals surface area contributed by atoms with Gasteiger partial charge in [0.2, 0.25) is 10.0 Å². The van der Waals surface area contributed by atoms with Crippen LogP contribution < -0.4 is 10.5 Å². The zero-order chi connectivity index (χ0) is 14.7. The summed E-state index contributed by atoms with van der Waals surface area (Å²) in [4.78, 5) is 0.208. The minimum Gasteiger partial charge on any atom is -0.398 e. The van der Waals surface area contributed by atoms with E-state index in [2.05, 4.69) is 4.72 Å². The molecule has 0 unspecified atom stereocenters. The predicted octanol–water partition coefficient (Wildman–Crippen LogP) is 1.67.